The van der Waals surface area contributed by atoms with Crippen LogP contribution in [0, 0.1) is 72.6 Å². The van der Waals surface area contributed by atoms with Gasteiger partial charge in [0.2, 0.25) is 0 Å². The minimum atomic E-state index is -1.30. The first-order valence-corrected chi connectivity index (χ1v) is 24.8. The smallest absolute Gasteiger partial charge is 0.302 e. The summed E-state index contributed by atoms with van der Waals surface area (Å²) in [5.74, 6) is -1.54. The minimum Gasteiger partial charge on any atom is -0.462 e. The van der Waals surface area contributed by atoms with E-state index < -0.39 is 80.3 Å². The van der Waals surface area contributed by atoms with Gasteiger partial charge >= 0.3 is 5.97 Å². The number of fused-ring (bicyclic) bond motifs is 1. The van der Waals surface area contributed by atoms with Crippen molar-refractivity contribution in [2.75, 3.05) is 6.61 Å². The molecule has 0 amide bonds. The van der Waals surface area contributed by atoms with E-state index >= 15 is 0 Å². The van der Waals surface area contributed by atoms with E-state index in [0.29, 0.717) is 12.8 Å². The van der Waals surface area contributed by atoms with Gasteiger partial charge in [-0.1, -0.05) is 40.7 Å². The molecule has 0 aromatic heterocycles. The third kappa shape index (κ3) is 7.89. The van der Waals surface area contributed by atoms with Gasteiger partial charge in [0.25, 0.3) is 0 Å². The van der Waals surface area contributed by atoms with Crippen molar-refractivity contribution in [2.24, 2.45) is 28.6 Å². The van der Waals surface area contributed by atoms with Crippen LogP contribution in [0.2, 0.25) is 0 Å². The first kappa shape index (κ1) is 38.6. The molecule has 1 aliphatic heterocycles. The van der Waals surface area contributed by atoms with Gasteiger partial charge < -0.3 is 29.3 Å². The molecule has 0 spiro atoms. The molecule has 1 saturated carbocycles. The molecule has 0 aromatic carbocycles. The zero-order chi connectivity index (χ0) is 29.0. The van der Waals surface area contributed by atoms with Gasteiger partial charge in [-0.3, -0.25) is 4.79 Å². The molecule has 15 heteroatoms. The Morgan fingerprint density at radius 3 is 2.15 bits per heavy atom. The molecule has 39 heavy (non-hydrogen) atoms. The van der Waals surface area contributed by atoms with Crippen LogP contribution in [0.3, 0.4) is 0 Å². The van der Waals surface area contributed by atoms with Crippen molar-refractivity contribution in [1.82, 2.24) is 0 Å². The van der Waals surface area contributed by atoms with Crippen LogP contribution < -0.4 is 0 Å². The fourth-order valence-corrected chi connectivity index (χ4v) is 39.9. The van der Waals surface area contributed by atoms with Crippen LogP contribution in [0.25, 0.3) is 0 Å². The average Bonchev–Trinajstić information content (AvgIpc) is 2.77. The van der Waals surface area contributed by atoms with Gasteiger partial charge in [0.15, 0.2) is 0 Å². The Bertz CT molecular complexity index is 902. The van der Waals surface area contributed by atoms with Crippen molar-refractivity contribution in [1.29, 1.82) is 0 Å². The number of ether oxygens (including phenoxy) is 2. The normalized spacial score (nSPS) is 37.6. The molecule has 1 radical (unpaired) electrons. The number of hydrogen-bond acceptors (Lipinski definition) is 7. The van der Waals surface area contributed by atoms with E-state index in [1.54, 1.807) is 0 Å². The fourth-order valence-electron chi connectivity index (χ4n) is 7.00. The number of allylic oxidation sites excluding steroid dienone is 1. The number of carbonyl (C=O) groups is 1. The van der Waals surface area contributed by atoms with Gasteiger partial charge in [0.1, 0.15) is 11.7 Å². The summed E-state index contributed by atoms with van der Waals surface area (Å²) in [6.45, 7) is 12.4. The third-order valence-electron chi connectivity index (χ3n) is 8.87. The van der Waals surface area contributed by atoms with Gasteiger partial charge in [-0.2, -0.15) is 0 Å². The van der Waals surface area contributed by atoms with Crippen LogP contribution in [0.5, 0.6) is 0 Å². The van der Waals surface area contributed by atoms with E-state index in [-0.39, 0.29) is 62.5 Å². The molecule has 7 nitrogen and oxygen atoms in total. The number of aliphatic hydroxyl groups is 3. The molecular formula is C24H47AcO7P7. The number of rotatable bonds is 9. The van der Waals surface area contributed by atoms with E-state index in [4.69, 9.17) is 14.0 Å². The second-order valence-corrected chi connectivity index (χ2v) is 35.9. The van der Waals surface area contributed by atoms with Crippen molar-refractivity contribution >= 4 is 63.2 Å². The molecule has 1 saturated heterocycles. The Morgan fingerprint density at radius 1 is 1.15 bits per heavy atom. The monoisotopic (exact) mass is 891 g/mol. The van der Waals surface area contributed by atoms with Crippen molar-refractivity contribution in [3.63, 3.8) is 0 Å². The quantitative estimate of drug-likeness (QED) is 0.144. The van der Waals surface area contributed by atoms with Crippen LogP contribution in [0.4, 0.5) is 0 Å². The number of aliphatic hydroxyl groups excluding tert-OH is 2. The molecule has 223 valence electrons. The molecule has 3 aliphatic rings. The van der Waals surface area contributed by atoms with E-state index in [1.165, 1.54) is 6.92 Å². The SMILES string of the molecule is CC(=O)OC(C1CC(O)C(C)=CC1(C)C)C1C2(O)COC2CC(OP(P(P)P)P(P)P)C1(C)C(O)C(C)C.[Ac]. The predicted octanol–water partition coefficient (Wildman–Crippen LogP) is 6.18. The fraction of sp³-hybridized carbons (Fsp3) is 0.875. The Morgan fingerprint density at radius 2 is 1.72 bits per heavy atom. The molecular weight excluding hydrogens is 844 g/mol. The van der Waals surface area contributed by atoms with Crippen LogP contribution in [-0.4, -0.2) is 64.0 Å². The van der Waals surface area contributed by atoms with Crippen LogP contribution >= 0.6 is 57.2 Å². The van der Waals surface area contributed by atoms with E-state index in [0.717, 1.165) is 5.57 Å². The van der Waals surface area contributed by atoms with Crippen molar-refractivity contribution in [3.8, 4) is 0 Å². The summed E-state index contributed by atoms with van der Waals surface area (Å²) in [5.41, 5.74) is -1.79. The second kappa shape index (κ2) is 14.9. The van der Waals surface area contributed by atoms with Crippen LogP contribution in [-0.2, 0) is 18.8 Å². The molecule has 0 bridgehead atoms. The molecule has 2 fully saturated rings. The Labute approximate surface area is 283 Å². The molecule has 0 aromatic rings. The summed E-state index contributed by atoms with van der Waals surface area (Å²) in [5, 5.41) is 35.1. The number of hydrogen-bond donors (Lipinski definition) is 3. The van der Waals surface area contributed by atoms with Crippen molar-refractivity contribution < 1.29 is 78.2 Å². The van der Waals surface area contributed by atoms with Gasteiger partial charge in [-0.05, 0) is 44.2 Å². The average molecular weight is 891 g/mol. The third-order valence-corrected chi connectivity index (χ3v) is 31.3. The first-order chi connectivity index (χ1) is 17.4. The van der Waals surface area contributed by atoms with Crippen LogP contribution in [0.15, 0.2) is 11.6 Å². The second-order valence-electron chi connectivity index (χ2n) is 12.3. The number of carbonyl (C=O) groups excluding carboxylic acids is 1. The van der Waals surface area contributed by atoms with E-state index in [2.05, 4.69) is 55.6 Å². The Balaban J connectivity index is 0.00000533. The molecule has 13 atom stereocenters. The zero-order valence-corrected chi connectivity index (χ0v) is 36.1. The van der Waals surface area contributed by atoms with Gasteiger partial charge in [-0.25, -0.2) is 0 Å². The zero-order valence-electron chi connectivity index (χ0n) is 24.0. The maximum Gasteiger partial charge on any atom is 0.302 e. The maximum absolute atomic E-state index is 12.7. The largest absolute Gasteiger partial charge is 0.462 e. The van der Waals surface area contributed by atoms with E-state index in [9.17, 15) is 20.1 Å². The Kier molecular flexibility index (Phi) is 14.8. The summed E-state index contributed by atoms with van der Waals surface area (Å²) >= 11 is 0. The Hall–Kier alpha value is 3.46. The van der Waals surface area contributed by atoms with Crippen molar-refractivity contribution in [3.05, 3.63) is 11.6 Å². The molecule has 3 N–H and O–H groups in total. The minimum absolute atomic E-state index is 0. The molecule has 3 rings (SSSR count). The molecule has 13 unspecified atom stereocenters. The van der Waals surface area contributed by atoms with Gasteiger partial charge in [0.05, 0.1) is 38.5 Å². The standard InChI is InChI=1S/C24H47O7P7.Ac/c1-12(2)21(27)23(7)17(31-36(37(32)33)38(34)35)9-18-24(28,11-29-18)20(23)19(30-14(4)25)15-8-16(26)13(3)10-22(15,5)6;/h10,12,15-21,26-28H,8-9,11,32-35H2,1-7H3;. The molecule has 1 heterocycles. The van der Waals surface area contributed by atoms with Crippen LogP contribution in [0.1, 0.15) is 61.3 Å². The van der Waals surface area contributed by atoms with Gasteiger partial charge in [-0.15, -0.1) is 35.7 Å². The summed E-state index contributed by atoms with van der Waals surface area (Å²) in [4.78, 5) is 12.7. The predicted molar refractivity (Wildman–Crippen MR) is 173 cm³/mol. The first-order valence-electron chi connectivity index (χ1n) is 13.0. The summed E-state index contributed by atoms with van der Waals surface area (Å²) in [6.07, 6.45) is -0.300. The van der Waals surface area contributed by atoms with Crippen molar-refractivity contribution in [2.45, 2.75) is 97.4 Å². The van der Waals surface area contributed by atoms with E-state index in [1.807, 2.05) is 27.7 Å². The summed E-state index contributed by atoms with van der Waals surface area (Å²) < 4.78 is 19.1. The maximum atomic E-state index is 12.7. The molecule has 2 aliphatic carbocycles. The topological polar surface area (TPSA) is 105 Å². The summed E-state index contributed by atoms with van der Waals surface area (Å²) in [6, 6.07) is 0. The summed E-state index contributed by atoms with van der Waals surface area (Å²) in [7, 11) is 10.7. The number of esters is 1. The van der Waals surface area contributed by atoms with Gasteiger partial charge in [0, 0.05) is 74.7 Å².